The molecule has 0 spiro atoms. The van der Waals surface area contributed by atoms with E-state index in [0.29, 0.717) is 19.3 Å². The smallest absolute Gasteiger partial charge is 0.249 e. The summed E-state index contributed by atoms with van der Waals surface area (Å²) in [5.41, 5.74) is 0. The van der Waals surface area contributed by atoms with Crippen molar-refractivity contribution in [1.82, 2.24) is 5.32 Å². The molecule has 0 aromatic rings. The van der Waals surface area contributed by atoms with Gasteiger partial charge in [0.1, 0.15) is 36.6 Å². The van der Waals surface area contributed by atoms with Gasteiger partial charge >= 0.3 is 0 Å². The summed E-state index contributed by atoms with van der Waals surface area (Å²) in [4.78, 5) is 13.2. The molecule has 0 aliphatic carbocycles. The van der Waals surface area contributed by atoms with Gasteiger partial charge in [0.2, 0.25) is 5.91 Å². The summed E-state index contributed by atoms with van der Waals surface area (Å²) in [6, 6.07) is -1.20. The summed E-state index contributed by atoms with van der Waals surface area (Å²) in [6.45, 7) is 3.43. The van der Waals surface area contributed by atoms with Gasteiger partial charge < -0.3 is 50.5 Å². The molecule has 9 unspecified atom stereocenters. The molecule has 11 heteroatoms. The van der Waals surface area contributed by atoms with Gasteiger partial charge in [0.05, 0.1) is 25.4 Å². The van der Waals surface area contributed by atoms with E-state index in [0.717, 1.165) is 51.4 Å². The molecule has 1 amide bonds. The first-order valence-corrected chi connectivity index (χ1v) is 32.7. The molecule has 456 valence electrons. The van der Waals surface area contributed by atoms with Gasteiger partial charge in [-0.25, -0.2) is 0 Å². The van der Waals surface area contributed by atoms with E-state index in [-0.39, 0.29) is 12.8 Å². The zero-order valence-corrected chi connectivity index (χ0v) is 50.1. The maximum atomic E-state index is 13.2. The molecular formula is C67H123NO10. The fourth-order valence-electron chi connectivity index (χ4n) is 10.2. The summed E-state index contributed by atoms with van der Waals surface area (Å²) in [5, 5.41) is 76.2. The average molecular weight is 1100 g/mol. The zero-order chi connectivity index (χ0) is 56.8. The number of hydrogen-bond acceptors (Lipinski definition) is 10. The Morgan fingerprint density at radius 2 is 0.808 bits per heavy atom. The van der Waals surface area contributed by atoms with Crippen LogP contribution in [0.3, 0.4) is 0 Å². The molecule has 1 rings (SSSR count). The van der Waals surface area contributed by atoms with E-state index in [2.05, 4.69) is 79.9 Å². The van der Waals surface area contributed by atoms with Crippen LogP contribution < -0.4 is 5.32 Å². The van der Waals surface area contributed by atoms with Crippen LogP contribution in [-0.4, -0.2) is 110 Å². The predicted octanol–water partition coefficient (Wildman–Crippen LogP) is 15.0. The number of rotatable bonds is 56. The lowest BCUT2D eigenvalue weighted by molar-refractivity contribution is -0.303. The predicted molar refractivity (Wildman–Crippen MR) is 325 cm³/mol. The number of amides is 1. The SMILES string of the molecule is CCCCCC/C=C/CC/C=C/CC/C=C/CCCC(O)C(O)C(COC1OC(CO)C(O)C(O)C1O)NC(=O)C(O)CCCCCCCCCCCCCCCCCC/C=C\C/C=C\CCCCCCCCCCCCC. The van der Waals surface area contributed by atoms with Gasteiger partial charge in [-0.3, -0.25) is 4.79 Å². The highest BCUT2D eigenvalue weighted by Gasteiger charge is 2.44. The van der Waals surface area contributed by atoms with Crippen molar-refractivity contribution in [3.63, 3.8) is 0 Å². The van der Waals surface area contributed by atoms with Gasteiger partial charge in [0.15, 0.2) is 6.29 Å². The highest BCUT2D eigenvalue weighted by atomic mass is 16.7. The second-order valence-corrected chi connectivity index (χ2v) is 22.8. The third kappa shape index (κ3) is 42.6. The quantitative estimate of drug-likeness (QED) is 0.0215. The Bertz CT molecular complexity index is 1450. The first-order valence-electron chi connectivity index (χ1n) is 32.7. The van der Waals surface area contributed by atoms with Crippen molar-refractivity contribution < 1.29 is 50.0 Å². The molecule has 1 saturated heterocycles. The molecule has 11 nitrogen and oxygen atoms in total. The number of allylic oxidation sites excluding steroid dienone is 10. The van der Waals surface area contributed by atoms with Crippen molar-refractivity contribution in [3.8, 4) is 0 Å². The van der Waals surface area contributed by atoms with Crippen LogP contribution >= 0.6 is 0 Å². The van der Waals surface area contributed by atoms with Gasteiger partial charge in [0.25, 0.3) is 0 Å². The lowest BCUT2D eigenvalue weighted by Gasteiger charge is -2.40. The van der Waals surface area contributed by atoms with Crippen LogP contribution in [0.15, 0.2) is 60.8 Å². The Labute approximate surface area is 478 Å². The second-order valence-electron chi connectivity index (χ2n) is 22.8. The van der Waals surface area contributed by atoms with Crippen LogP contribution in [0, 0.1) is 0 Å². The Morgan fingerprint density at radius 3 is 1.23 bits per heavy atom. The van der Waals surface area contributed by atoms with E-state index in [1.165, 1.54) is 193 Å². The first-order chi connectivity index (χ1) is 38.2. The lowest BCUT2D eigenvalue weighted by atomic mass is 9.98. The number of hydrogen-bond donors (Lipinski definition) is 8. The normalized spacial score (nSPS) is 19.8. The van der Waals surface area contributed by atoms with E-state index in [1.54, 1.807) is 0 Å². The van der Waals surface area contributed by atoms with Crippen LogP contribution in [0.1, 0.15) is 290 Å². The van der Waals surface area contributed by atoms with Crippen molar-refractivity contribution >= 4 is 5.91 Å². The third-order valence-corrected chi connectivity index (χ3v) is 15.5. The van der Waals surface area contributed by atoms with Gasteiger partial charge in [-0.15, -0.1) is 0 Å². The molecule has 9 atom stereocenters. The maximum Gasteiger partial charge on any atom is 0.249 e. The molecular weight excluding hydrogens is 979 g/mol. The summed E-state index contributed by atoms with van der Waals surface area (Å²) in [6.07, 6.45) is 61.6. The number of unbranched alkanes of at least 4 members (excludes halogenated alkanes) is 34. The average Bonchev–Trinajstić information content (AvgIpc) is 3.46. The number of carbonyl (C=O) groups is 1. The molecule has 1 fully saturated rings. The van der Waals surface area contributed by atoms with Gasteiger partial charge in [0, 0.05) is 0 Å². The number of ether oxygens (including phenoxy) is 2. The minimum atomic E-state index is -1.67. The monoisotopic (exact) mass is 1100 g/mol. The molecule has 0 bridgehead atoms. The van der Waals surface area contributed by atoms with Crippen LogP contribution in [0.5, 0.6) is 0 Å². The van der Waals surface area contributed by atoms with Crippen LogP contribution in [0.25, 0.3) is 0 Å². The van der Waals surface area contributed by atoms with Crippen molar-refractivity contribution in [2.75, 3.05) is 13.2 Å². The van der Waals surface area contributed by atoms with Crippen LogP contribution in [0.2, 0.25) is 0 Å². The van der Waals surface area contributed by atoms with Gasteiger partial charge in [-0.2, -0.15) is 0 Å². The number of nitrogens with one attached hydrogen (secondary N) is 1. The minimum Gasteiger partial charge on any atom is -0.394 e. The van der Waals surface area contributed by atoms with E-state index in [1.807, 2.05) is 0 Å². The summed E-state index contributed by atoms with van der Waals surface area (Å²) in [5.74, 6) is -0.711. The molecule has 8 N–H and O–H groups in total. The zero-order valence-electron chi connectivity index (χ0n) is 50.1. The van der Waals surface area contributed by atoms with Crippen LogP contribution in [0.4, 0.5) is 0 Å². The molecule has 1 heterocycles. The molecule has 0 aromatic heterocycles. The van der Waals surface area contributed by atoms with Crippen molar-refractivity contribution in [1.29, 1.82) is 0 Å². The number of aliphatic hydroxyl groups excluding tert-OH is 7. The lowest BCUT2D eigenvalue weighted by Crippen LogP contribution is -2.60. The van der Waals surface area contributed by atoms with Crippen molar-refractivity contribution in [3.05, 3.63) is 60.8 Å². The molecule has 0 radical (unpaired) electrons. The molecule has 78 heavy (non-hydrogen) atoms. The fraction of sp³-hybridized carbons (Fsp3) is 0.836. The van der Waals surface area contributed by atoms with Gasteiger partial charge in [-0.05, 0) is 96.3 Å². The standard InChI is InChI=1S/C67H123NO10/c1-3-5-7-9-11-13-15-17-19-21-22-23-24-25-26-27-28-29-30-31-32-33-34-35-36-37-39-41-43-45-47-49-51-53-55-60(71)66(76)68-58(57-77-67-65(75)64(74)63(73)61(56-69)78-67)62(72)59(70)54-52-50-48-46-44-42-40-38-20-18-16-14-12-10-8-6-4-2/h14,16,24-25,27-28,38,40,46,48,58-65,67,69-75H,3-13,15,17-23,26,29-37,39,41-45,47,49-57H2,1-2H3,(H,68,76)/b16-14+,25-24-,28-27-,40-38+,48-46+. The van der Waals surface area contributed by atoms with E-state index < -0.39 is 74.2 Å². The molecule has 1 aliphatic heterocycles. The highest BCUT2D eigenvalue weighted by Crippen LogP contribution is 2.23. The Kier molecular flexibility index (Phi) is 52.4. The van der Waals surface area contributed by atoms with E-state index >= 15 is 0 Å². The van der Waals surface area contributed by atoms with Gasteiger partial charge in [-0.1, -0.05) is 254 Å². The fourth-order valence-corrected chi connectivity index (χ4v) is 10.2. The third-order valence-electron chi connectivity index (χ3n) is 15.5. The number of carbonyl (C=O) groups excluding carboxylic acids is 1. The highest BCUT2D eigenvalue weighted by molar-refractivity contribution is 5.80. The largest absolute Gasteiger partial charge is 0.394 e. The molecule has 0 aromatic carbocycles. The summed E-state index contributed by atoms with van der Waals surface area (Å²) < 4.78 is 11.1. The summed E-state index contributed by atoms with van der Waals surface area (Å²) in [7, 11) is 0. The molecule has 1 aliphatic rings. The minimum absolute atomic E-state index is 0.240. The van der Waals surface area contributed by atoms with E-state index in [4.69, 9.17) is 9.47 Å². The van der Waals surface area contributed by atoms with Crippen LogP contribution in [-0.2, 0) is 14.3 Å². The summed E-state index contributed by atoms with van der Waals surface area (Å²) >= 11 is 0. The number of aliphatic hydroxyl groups is 7. The maximum absolute atomic E-state index is 13.2. The van der Waals surface area contributed by atoms with E-state index in [9.17, 15) is 40.5 Å². The molecule has 0 saturated carbocycles. The first kappa shape index (κ1) is 73.8. The second kappa shape index (κ2) is 55.3. The Hall–Kier alpha value is -2.19. The Balaban J connectivity index is 2.21. The topological polar surface area (TPSA) is 189 Å². The Morgan fingerprint density at radius 1 is 0.449 bits per heavy atom. The van der Waals surface area contributed by atoms with Crippen molar-refractivity contribution in [2.24, 2.45) is 0 Å². The van der Waals surface area contributed by atoms with Crippen molar-refractivity contribution in [2.45, 2.75) is 345 Å².